The Balaban J connectivity index is 3.09. The van der Waals surface area contributed by atoms with Crippen molar-refractivity contribution >= 4 is 36.2 Å². The summed E-state index contributed by atoms with van der Waals surface area (Å²) in [5.74, 6) is 0. The molecule has 0 aliphatic heterocycles. The van der Waals surface area contributed by atoms with E-state index in [1.54, 1.807) is 0 Å². The summed E-state index contributed by atoms with van der Waals surface area (Å²) in [5, 5.41) is 9.61. The van der Waals surface area contributed by atoms with Crippen molar-refractivity contribution < 1.29 is 9.90 Å². The maximum absolute atomic E-state index is 11.7. The second-order valence-electron chi connectivity index (χ2n) is 9.39. The molecule has 1 amide bonds. The molecule has 1 aromatic carbocycles. The van der Waals surface area contributed by atoms with Gasteiger partial charge < -0.3 is 0 Å². The number of benzene rings is 1. The SMILES string of the molecule is CCC[CH2][Sn](/[CH]=C/c1ccc(N(C(=O)O)C(C)(C)C)cc1)([CH2]CCC)[CH2]CCC. The zero-order valence-corrected chi connectivity index (χ0v) is 22.5. The summed E-state index contributed by atoms with van der Waals surface area (Å²) in [6, 6.07) is 8.04. The van der Waals surface area contributed by atoms with Crippen molar-refractivity contribution in [3.05, 3.63) is 33.9 Å². The van der Waals surface area contributed by atoms with E-state index in [0.717, 1.165) is 5.69 Å². The molecule has 0 saturated heterocycles. The van der Waals surface area contributed by atoms with Crippen molar-refractivity contribution in [2.75, 3.05) is 4.90 Å². The molecule has 1 aromatic rings. The number of rotatable bonds is 12. The van der Waals surface area contributed by atoms with Crippen molar-refractivity contribution in [3.63, 3.8) is 0 Å². The van der Waals surface area contributed by atoms with Crippen molar-refractivity contribution in [1.29, 1.82) is 0 Å². The monoisotopic (exact) mass is 509 g/mol. The third-order valence-corrected chi connectivity index (χ3v) is 19.8. The second-order valence-corrected chi connectivity index (χ2v) is 22.4. The Hall–Kier alpha value is -0.971. The summed E-state index contributed by atoms with van der Waals surface area (Å²) in [6.45, 7) is 12.7. The number of unbranched alkanes of at least 4 members (excludes halogenated alkanes) is 3. The summed E-state index contributed by atoms with van der Waals surface area (Å²) >= 11 is -2.28. The minimum atomic E-state index is -2.28. The molecule has 3 nitrogen and oxygen atoms in total. The van der Waals surface area contributed by atoms with Gasteiger partial charge in [-0.1, -0.05) is 0 Å². The molecular weight excluding hydrogens is 465 g/mol. The van der Waals surface area contributed by atoms with E-state index in [9.17, 15) is 9.90 Å². The Morgan fingerprint density at radius 2 is 1.38 bits per heavy atom. The first-order valence-electron chi connectivity index (χ1n) is 11.5. The van der Waals surface area contributed by atoms with Gasteiger partial charge in [0.05, 0.1) is 0 Å². The summed E-state index contributed by atoms with van der Waals surface area (Å²) in [5.41, 5.74) is 1.47. The third-order valence-electron chi connectivity index (χ3n) is 5.73. The molecular formula is C25H43NO2Sn. The van der Waals surface area contributed by atoms with Crippen LogP contribution in [0, 0.1) is 0 Å². The molecule has 0 spiro atoms. The number of amides is 1. The fourth-order valence-corrected chi connectivity index (χ4v) is 18.2. The van der Waals surface area contributed by atoms with Crippen LogP contribution >= 0.6 is 0 Å². The van der Waals surface area contributed by atoms with Gasteiger partial charge in [-0.25, -0.2) is 0 Å². The van der Waals surface area contributed by atoms with E-state index in [-0.39, 0.29) is 0 Å². The molecule has 164 valence electrons. The van der Waals surface area contributed by atoms with E-state index >= 15 is 0 Å². The van der Waals surface area contributed by atoms with Crippen LogP contribution in [0.15, 0.2) is 28.4 Å². The van der Waals surface area contributed by atoms with E-state index in [1.807, 2.05) is 32.9 Å². The Bertz CT molecular complexity index is 609. The van der Waals surface area contributed by atoms with E-state index in [4.69, 9.17) is 0 Å². The molecule has 1 rings (SSSR count). The normalized spacial score (nSPS) is 12.5. The van der Waals surface area contributed by atoms with E-state index in [1.165, 1.54) is 62.3 Å². The Morgan fingerprint density at radius 1 is 0.931 bits per heavy atom. The third kappa shape index (κ3) is 8.73. The van der Waals surface area contributed by atoms with Crippen molar-refractivity contribution in [3.8, 4) is 0 Å². The first-order valence-corrected chi connectivity index (χ1v) is 19.2. The number of hydrogen-bond acceptors (Lipinski definition) is 1. The standard InChI is InChI=1S/C13H16NO2.3C4H9.Sn/c1-5-10-6-8-11(9-7-10)14(12(15)16)13(2,3)4;3*1-3-4-2;/h1,5-9H,2-4H3,(H,15,16);3*1,3-4H2,2H3;. The molecule has 4 heteroatoms. The average molecular weight is 508 g/mol. The van der Waals surface area contributed by atoms with Crippen LogP contribution in [-0.4, -0.2) is 35.1 Å². The zero-order valence-electron chi connectivity index (χ0n) is 19.6. The van der Waals surface area contributed by atoms with Crippen LogP contribution in [0.2, 0.25) is 13.3 Å². The summed E-state index contributed by atoms with van der Waals surface area (Å²) < 4.78 is 7.08. The number of anilines is 1. The van der Waals surface area contributed by atoms with E-state index < -0.39 is 30.0 Å². The number of nitrogens with zero attached hydrogens (tertiary/aromatic N) is 1. The van der Waals surface area contributed by atoms with Gasteiger partial charge in [0, 0.05) is 0 Å². The molecule has 0 atom stereocenters. The van der Waals surface area contributed by atoms with Gasteiger partial charge >= 0.3 is 184 Å². The molecule has 0 radical (unpaired) electrons. The van der Waals surface area contributed by atoms with E-state index in [0.29, 0.717) is 0 Å². The van der Waals surface area contributed by atoms with Crippen molar-refractivity contribution in [1.82, 2.24) is 0 Å². The van der Waals surface area contributed by atoms with Crippen LogP contribution in [0.3, 0.4) is 0 Å². The predicted octanol–water partition coefficient (Wildman–Crippen LogP) is 8.37. The average Bonchev–Trinajstić information content (AvgIpc) is 2.66. The predicted molar refractivity (Wildman–Crippen MR) is 131 cm³/mol. The molecule has 0 aliphatic rings. The summed E-state index contributed by atoms with van der Waals surface area (Å²) in [7, 11) is 0. The number of hydrogen-bond donors (Lipinski definition) is 1. The topological polar surface area (TPSA) is 40.5 Å². The quantitative estimate of drug-likeness (QED) is 0.288. The Kier molecular flexibility index (Phi) is 11.4. The van der Waals surface area contributed by atoms with Crippen LogP contribution < -0.4 is 4.90 Å². The zero-order chi connectivity index (χ0) is 21.9. The maximum atomic E-state index is 11.7. The van der Waals surface area contributed by atoms with Crippen LogP contribution in [0.25, 0.3) is 6.08 Å². The van der Waals surface area contributed by atoms with E-state index in [2.05, 4.69) is 43.1 Å². The first-order chi connectivity index (χ1) is 13.7. The fraction of sp³-hybridized carbons (Fsp3) is 0.640. The Morgan fingerprint density at radius 3 is 1.72 bits per heavy atom. The molecule has 1 N–H and O–H groups in total. The van der Waals surface area contributed by atoms with Crippen LogP contribution in [0.4, 0.5) is 10.5 Å². The fourth-order valence-electron chi connectivity index (χ4n) is 4.00. The molecule has 0 saturated carbocycles. The van der Waals surface area contributed by atoms with Gasteiger partial charge in [0.25, 0.3) is 0 Å². The van der Waals surface area contributed by atoms with Crippen LogP contribution in [-0.2, 0) is 0 Å². The minimum absolute atomic E-state index is 0.463. The van der Waals surface area contributed by atoms with Gasteiger partial charge in [-0.05, 0) is 0 Å². The van der Waals surface area contributed by atoms with Crippen molar-refractivity contribution in [2.24, 2.45) is 0 Å². The van der Waals surface area contributed by atoms with Crippen LogP contribution in [0.1, 0.15) is 85.6 Å². The van der Waals surface area contributed by atoms with Crippen molar-refractivity contribution in [2.45, 2.75) is 98.9 Å². The molecule has 0 fully saturated rings. The summed E-state index contributed by atoms with van der Waals surface area (Å²) in [4.78, 5) is 13.1. The summed E-state index contributed by atoms with van der Waals surface area (Å²) in [6.07, 6.45) is 9.41. The molecule has 0 bridgehead atoms. The number of carboxylic acid groups (broad SMARTS) is 1. The van der Waals surface area contributed by atoms with Gasteiger partial charge in [-0.2, -0.15) is 0 Å². The first kappa shape index (κ1) is 26.1. The van der Waals surface area contributed by atoms with Gasteiger partial charge in [0.1, 0.15) is 0 Å². The van der Waals surface area contributed by atoms with Crippen LogP contribution in [0.5, 0.6) is 0 Å². The van der Waals surface area contributed by atoms with Gasteiger partial charge in [0.15, 0.2) is 0 Å². The van der Waals surface area contributed by atoms with Gasteiger partial charge in [0.2, 0.25) is 0 Å². The molecule has 0 unspecified atom stereocenters. The molecule has 0 aromatic heterocycles. The molecule has 0 aliphatic carbocycles. The van der Waals surface area contributed by atoms with Gasteiger partial charge in [-0.15, -0.1) is 0 Å². The molecule has 29 heavy (non-hydrogen) atoms. The second kappa shape index (κ2) is 12.7. The number of carbonyl (C=O) groups is 1. The Labute approximate surface area is 183 Å². The molecule has 0 heterocycles. The van der Waals surface area contributed by atoms with Gasteiger partial charge in [-0.3, -0.25) is 0 Å².